The average molecular weight is 297 g/mol. The number of alkyl halides is 1. The normalized spacial score (nSPS) is 9.24. The molecule has 0 spiro atoms. The van der Waals surface area contributed by atoms with Gasteiger partial charge in [0.1, 0.15) is 0 Å². The molecule has 90 valence electrons. The zero-order valence-corrected chi connectivity index (χ0v) is 10.8. The molecular weight excluding hydrogens is 284 g/mol. The fraction of sp³-hybridized carbons (Fsp3) is 0.154. The maximum Gasteiger partial charge on any atom is 0.335 e. The third-order valence-electron chi connectivity index (χ3n) is 2.01. The Labute approximate surface area is 108 Å². The summed E-state index contributed by atoms with van der Waals surface area (Å²) in [6.07, 6.45) is 4.18. The van der Waals surface area contributed by atoms with Gasteiger partial charge in [-0.3, -0.25) is 0 Å². The van der Waals surface area contributed by atoms with Crippen molar-refractivity contribution in [2.75, 3.05) is 5.33 Å². The van der Waals surface area contributed by atoms with Gasteiger partial charge in [0.15, 0.2) is 0 Å². The number of hydrogen-bond acceptors (Lipinski definition) is 2. The number of carbonyl (C=O) groups is 1. The fourth-order valence-electron chi connectivity index (χ4n) is 1.15. The first-order valence-electron chi connectivity index (χ1n) is 5.09. The van der Waals surface area contributed by atoms with Crippen molar-refractivity contribution in [1.82, 2.24) is 0 Å². The van der Waals surface area contributed by atoms with E-state index >= 15 is 0 Å². The Balaban J connectivity index is 0.000000239. The molecule has 0 aliphatic carbocycles. The van der Waals surface area contributed by atoms with Crippen molar-refractivity contribution >= 4 is 21.9 Å². The number of halogens is 1. The molecule has 0 atom stereocenters. The number of carboxylic acid groups (broad SMARTS) is 1. The van der Waals surface area contributed by atoms with E-state index in [1.165, 1.54) is 0 Å². The molecule has 2 rings (SSSR count). The van der Waals surface area contributed by atoms with Crippen LogP contribution in [0.25, 0.3) is 0 Å². The Morgan fingerprint density at radius 3 is 2.12 bits per heavy atom. The standard InChI is InChI=1S/C9H9BrO2.C4H4O/c10-6-5-7-1-3-8(4-2-7)9(11)12;1-2-4-5-3-1/h1-4H,5-6H2,(H,11,12);1-4H. The summed E-state index contributed by atoms with van der Waals surface area (Å²) >= 11 is 3.32. The van der Waals surface area contributed by atoms with Crippen LogP contribution in [0.5, 0.6) is 0 Å². The Kier molecular flexibility index (Phi) is 6.10. The number of rotatable bonds is 3. The Morgan fingerprint density at radius 2 is 1.76 bits per heavy atom. The largest absolute Gasteiger partial charge is 0.478 e. The second-order valence-corrected chi connectivity index (χ2v) is 4.03. The molecular formula is C13H13BrO3. The highest BCUT2D eigenvalue weighted by molar-refractivity contribution is 9.09. The summed E-state index contributed by atoms with van der Waals surface area (Å²) in [4.78, 5) is 10.5. The number of furan rings is 1. The van der Waals surface area contributed by atoms with Gasteiger partial charge in [-0.05, 0) is 36.2 Å². The van der Waals surface area contributed by atoms with E-state index in [9.17, 15) is 4.79 Å². The third kappa shape index (κ3) is 5.36. The van der Waals surface area contributed by atoms with Crippen LogP contribution in [-0.2, 0) is 6.42 Å². The quantitative estimate of drug-likeness (QED) is 0.881. The maximum absolute atomic E-state index is 10.5. The van der Waals surface area contributed by atoms with Gasteiger partial charge in [0.05, 0.1) is 18.1 Å². The molecule has 0 saturated heterocycles. The van der Waals surface area contributed by atoms with Gasteiger partial charge in [-0.15, -0.1) is 0 Å². The zero-order valence-electron chi connectivity index (χ0n) is 9.17. The van der Waals surface area contributed by atoms with E-state index in [0.29, 0.717) is 5.56 Å². The highest BCUT2D eigenvalue weighted by atomic mass is 79.9. The summed E-state index contributed by atoms with van der Waals surface area (Å²) in [6.45, 7) is 0. The molecule has 17 heavy (non-hydrogen) atoms. The van der Waals surface area contributed by atoms with Crippen molar-refractivity contribution in [3.8, 4) is 0 Å². The Hall–Kier alpha value is -1.55. The molecule has 0 saturated carbocycles. The lowest BCUT2D eigenvalue weighted by Crippen LogP contribution is -1.96. The summed E-state index contributed by atoms with van der Waals surface area (Å²) in [6, 6.07) is 10.6. The second kappa shape index (κ2) is 7.68. The van der Waals surface area contributed by atoms with Crippen LogP contribution in [0.15, 0.2) is 53.3 Å². The maximum atomic E-state index is 10.5. The van der Waals surface area contributed by atoms with Gasteiger partial charge in [0.2, 0.25) is 0 Å². The van der Waals surface area contributed by atoms with Crippen LogP contribution >= 0.6 is 15.9 Å². The molecule has 4 heteroatoms. The van der Waals surface area contributed by atoms with Gasteiger partial charge in [0.25, 0.3) is 0 Å². The van der Waals surface area contributed by atoms with Crippen LogP contribution in [0, 0.1) is 0 Å². The van der Waals surface area contributed by atoms with Crippen molar-refractivity contribution in [3.63, 3.8) is 0 Å². The molecule has 3 nitrogen and oxygen atoms in total. The van der Waals surface area contributed by atoms with Crippen molar-refractivity contribution in [2.45, 2.75) is 6.42 Å². The number of benzene rings is 1. The van der Waals surface area contributed by atoms with E-state index in [1.54, 1.807) is 24.7 Å². The topological polar surface area (TPSA) is 50.4 Å². The molecule has 1 aromatic carbocycles. The van der Waals surface area contributed by atoms with Gasteiger partial charge < -0.3 is 9.52 Å². The number of aryl methyl sites for hydroxylation is 1. The van der Waals surface area contributed by atoms with E-state index < -0.39 is 5.97 Å². The van der Waals surface area contributed by atoms with Crippen molar-refractivity contribution in [3.05, 3.63) is 60.1 Å². The summed E-state index contributed by atoms with van der Waals surface area (Å²) in [5.41, 5.74) is 1.49. The monoisotopic (exact) mass is 296 g/mol. The minimum atomic E-state index is -0.875. The van der Waals surface area contributed by atoms with Crippen molar-refractivity contribution < 1.29 is 14.3 Å². The van der Waals surface area contributed by atoms with Crippen LogP contribution < -0.4 is 0 Å². The van der Waals surface area contributed by atoms with Crippen LogP contribution in [0.2, 0.25) is 0 Å². The molecule has 1 heterocycles. The molecule has 0 aliphatic rings. The predicted octanol–water partition coefficient (Wildman–Crippen LogP) is 3.60. The number of hydrogen-bond donors (Lipinski definition) is 1. The van der Waals surface area contributed by atoms with E-state index in [4.69, 9.17) is 5.11 Å². The Bertz CT molecular complexity index is 403. The molecule has 0 radical (unpaired) electrons. The molecule has 0 aliphatic heterocycles. The van der Waals surface area contributed by atoms with E-state index in [-0.39, 0.29) is 0 Å². The SMILES string of the molecule is O=C(O)c1ccc(CCBr)cc1.c1ccoc1. The van der Waals surface area contributed by atoms with Gasteiger partial charge >= 0.3 is 5.97 Å². The van der Waals surface area contributed by atoms with Crippen molar-refractivity contribution in [1.29, 1.82) is 0 Å². The predicted molar refractivity (Wildman–Crippen MR) is 69.6 cm³/mol. The average Bonchev–Trinajstić information content (AvgIpc) is 2.89. The zero-order chi connectivity index (χ0) is 12.5. The molecule has 0 bridgehead atoms. The van der Waals surface area contributed by atoms with Gasteiger partial charge in [-0.25, -0.2) is 4.79 Å². The minimum Gasteiger partial charge on any atom is -0.478 e. The first-order chi connectivity index (χ1) is 8.24. The van der Waals surface area contributed by atoms with Gasteiger partial charge in [-0.2, -0.15) is 0 Å². The first kappa shape index (κ1) is 13.5. The molecule has 0 unspecified atom stereocenters. The summed E-state index contributed by atoms with van der Waals surface area (Å²) in [5.74, 6) is -0.875. The van der Waals surface area contributed by atoms with E-state index in [1.807, 2.05) is 24.3 Å². The van der Waals surface area contributed by atoms with Gasteiger partial charge in [0, 0.05) is 5.33 Å². The molecule has 1 N–H and O–H groups in total. The molecule has 1 aromatic heterocycles. The first-order valence-corrected chi connectivity index (χ1v) is 6.21. The highest BCUT2D eigenvalue weighted by Crippen LogP contribution is 2.05. The fourth-order valence-corrected chi connectivity index (χ4v) is 1.61. The lowest BCUT2D eigenvalue weighted by molar-refractivity contribution is 0.0697. The molecule has 0 fully saturated rings. The Morgan fingerprint density at radius 1 is 1.18 bits per heavy atom. The minimum absolute atomic E-state index is 0.341. The highest BCUT2D eigenvalue weighted by Gasteiger charge is 2.00. The van der Waals surface area contributed by atoms with Crippen LogP contribution in [-0.4, -0.2) is 16.4 Å². The van der Waals surface area contributed by atoms with E-state index in [2.05, 4.69) is 20.3 Å². The smallest absolute Gasteiger partial charge is 0.335 e. The van der Waals surface area contributed by atoms with Crippen molar-refractivity contribution in [2.24, 2.45) is 0 Å². The van der Waals surface area contributed by atoms with Gasteiger partial charge in [-0.1, -0.05) is 28.1 Å². The second-order valence-electron chi connectivity index (χ2n) is 3.23. The number of aromatic carboxylic acids is 1. The lowest BCUT2D eigenvalue weighted by atomic mass is 10.1. The van der Waals surface area contributed by atoms with Crippen LogP contribution in [0.3, 0.4) is 0 Å². The summed E-state index contributed by atoms with van der Waals surface area (Å²) in [5, 5.41) is 9.50. The number of carboxylic acids is 1. The van der Waals surface area contributed by atoms with E-state index in [0.717, 1.165) is 17.3 Å². The molecule has 2 aromatic rings. The van der Waals surface area contributed by atoms with Crippen LogP contribution in [0.4, 0.5) is 0 Å². The summed E-state index contributed by atoms with van der Waals surface area (Å²) in [7, 11) is 0. The van der Waals surface area contributed by atoms with Crippen LogP contribution in [0.1, 0.15) is 15.9 Å². The molecule has 0 amide bonds. The summed E-state index contributed by atoms with van der Waals surface area (Å²) < 4.78 is 4.58. The third-order valence-corrected chi connectivity index (χ3v) is 2.41. The lowest BCUT2D eigenvalue weighted by Gasteiger charge is -1.97.